The second-order valence-corrected chi connectivity index (χ2v) is 5.33. The van der Waals surface area contributed by atoms with Gasteiger partial charge in [-0.3, -0.25) is 0 Å². The highest BCUT2D eigenvalue weighted by molar-refractivity contribution is 5.51. The SMILES string of the molecule is Cc1cc(C)cc(Cn2nc(-c3ccc(F)cc3)oc2=O)c1. The quantitative estimate of drug-likeness (QED) is 0.745. The molecule has 0 aliphatic carbocycles. The molecule has 0 aliphatic heterocycles. The van der Waals surface area contributed by atoms with Crippen LogP contribution in [-0.4, -0.2) is 9.78 Å². The Labute approximate surface area is 126 Å². The van der Waals surface area contributed by atoms with E-state index in [1.807, 2.05) is 26.0 Å². The summed E-state index contributed by atoms with van der Waals surface area (Å²) in [5.41, 5.74) is 3.81. The van der Waals surface area contributed by atoms with Gasteiger partial charge in [0.15, 0.2) is 0 Å². The number of benzene rings is 2. The Morgan fingerprint density at radius 2 is 1.73 bits per heavy atom. The number of rotatable bonds is 3. The maximum absolute atomic E-state index is 12.9. The Bertz CT molecular complexity index is 843. The lowest BCUT2D eigenvalue weighted by Crippen LogP contribution is -2.16. The Morgan fingerprint density at radius 3 is 2.36 bits per heavy atom. The standard InChI is InChI=1S/C17H15FN2O2/c1-11-7-12(2)9-13(8-11)10-20-17(21)22-16(19-20)14-3-5-15(18)6-4-14/h3-9H,10H2,1-2H3. The third-order valence-corrected chi connectivity index (χ3v) is 3.31. The third-order valence-electron chi connectivity index (χ3n) is 3.31. The lowest BCUT2D eigenvalue weighted by atomic mass is 10.1. The second kappa shape index (κ2) is 5.60. The molecule has 0 atom stereocenters. The molecule has 0 aliphatic rings. The average Bonchev–Trinajstić information content (AvgIpc) is 2.80. The Balaban J connectivity index is 1.92. The van der Waals surface area contributed by atoms with Gasteiger partial charge in [-0.05, 0) is 43.7 Å². The minimum Gasteiger partial charge on any atom is -0.388 e. The van der Waals surface area contributed by atoms with Crippen molar-refractivity contribution in [3.05, 3.63) is 75.5 Å². The Kier molecular flexibility index (Phi) is 3.63. The molecule has 0 radical (unpaired) electrons. The maximum Gasteiger partial charge on any atom is 0.437 e. The van der Waals surface area contributed by atoms with Gasteiger partial charge < -0.3 is 4.42 Å². The highest BCUT2D eigenvalue weighted by atomic mass is 19.1. The second-order valence-electron chi connectivity index (χ2n) is 5.33. The van der Waals surface area contributed by atoms with Gasteiger partial charge in [-0.1, -0.05) is 29.3 Å². The molecule has 0 N–H and O–H groups in total. The van der Waals surface area contributed by atoms with E-state index in [4.69, 9.17) is 4.42 Å². The normalized spacial score (nSPS) is 10.9. The van der Waals surface area contributed by atoms with Gasteiger partial charge in [-0.2, -0.15) is 4.68 Å². The van der Waals surface area contributed by atoms with Crippen molar-refractivity contribution in [2.24, 2.45) is 0 Å². The van der Waals surface area contributed by atoms with Crippen LogP contribution in [0.25, 0.3) is 11.5 Å². The van der Waals surface area contributed by atoms with E-state index in [1.54, 1.807) is 0 Å². The van der Waals surface area contributed by atoms with Crippen molar-refractivity contribution in [1.82, 2.24) is 9.78 Å². The molecule has 22 heavy (non-hydrogen) atoms. The molecule has 0 fully saturated rings. The molecule has 1 aromatic heterocycles. The van der Waals surface area contributed by atoms with Gasteiger partial charge in [0.25, 0.3) is 0 Å². The molecule has 0 saturated heterocycles. The van der Waals surface area contributed by atoms with Crippen molar-refractivity contribution in [2.75, 3.05) is 0 Å². The van der Waals surface area contributed by atoms with Crippen LogP contribution < -0.4 is 5.76 Å². The molecule has 0 amide bonds. The van der Waals surface area contributed by atoms with Crippen LogP contribution in [0.5, 0.6) is 0 Å². The lowest BCUT2D eigenvalue weighted by Gasteiger charge is -2.03. The van der Waals surface area contributed by atoms with Crippen molar-refractivity contribution in [3.63, 3.8) is 0 Å². The molecule has 0 unspecified atom stereocenters. The fourth-order valence-electron chi connectivity index (χ4n) is 2.45. The molecule has 112 valence electrons. The zero-order chi connectivity index (χ0) is 15.7. The molecule has 3 aromatic rings. The zero-order valence-electron chi connectivity index (χ0n) is 12.3. The van der Waals surface area contributed by atoms with Crippen molar-refractivity contribution >= 4 is 0 Å². The number of hydrogen-bond acceptors (Lipinski definition) is 3. The van der Waals surface area contributed by atoms with Crippen LogP contribution in [0, 0.1) is 19.7 Å². The summed E-state index contributed by atoms with van der Waals surface area (Å²) in [7, 11) is 0. The van der Waals surface area contributed by atoms with Crippen LogP contribution in [0.4, 0.5) is 4.39 Å². The smallest absolute Gasteiger partial charge is 0.388 e. The van der Waals surface area contributed by atoms with Gasteiger partial charge in [-0.25, -0.2) is 9.18 Å². The number of nitrogens with zero attached hydrogens (tertiary/aromatic N) is 2. The summed E-state index contributed by atoms with van der Waals surface area (Å²) < 4.78 is 19.3. The Morgan fingerprint density at radius 1 is 1.09 bits per heavy atom. The predicted octanol–water partition coefficient (Wildman–Crippen LogP) is 3.31. The summed E-state index contributed by atoms with van der Waals surface area (Å²) in [6.07, 6.45) is 0. The predicted molar refractivity (Wildman–Crippen MR) is 81.2 cm³/mol. The first-order valence-electron chi connectivity index (χ1n) is 6.92. The van der Waals surface area contributed by atoms with Crippen LogP contribution in [-0.2, 0) is 6.54 Å². The number of aryl methyl sites for hydroxylation is 2. The fraction of sp³-hybridized carbons (Fsp3) is 0.176. The number of aromatic nitrogens is 2. The molecule has 2 aromatic carbocycles. The van der Waals surface area contributed by atoms with Gasteiger partial charge in [0.05, 0.1) is 6.54 Å². The lowest BCUT2D eigenvalue weighted by molar-refractivity contribution is 0.495. The van der Waals surface area contributed by atoms with E-state index in [0.717, 1.165) is 16.7 Å². The highest BCUT2D eigenvalue weighted by Gasteiger charge is 2.11. The summed E-state index contributed by atoms with van der Waals surface area (Å²) >= 11 is 0. The zero-order valence-corrected chi connectivity index (χ0v) is 12.3. The van der Waals surface area contributed by atoms with E-state index < -0.39 is 5.76 Å². The van der Waals surface area contributed by atoms with E-state index in [2.05, 4.69) is 11.2 Å². The topological polar surface area (TPSA) is 48.0 Å². The van der Waals surface area contributed by atoms with E-state index >= 15 is 0 Å². The van der Waals surface area contributed by atoms with E-state index in [-0.39, 0.29) is 11.7 Å². The van der Waals surface area contributed by atoms with Crippen molar-refractivity contribution in [1.29, 1.82) is 0 Å². The molecule has 0 bridgehead atoms. The molecular weight excluding hydrogens is 283 g/mol. The summed E-state index contributed by atoms with van der Waals surface area (Å²) in [6, 6.07) is 11.7. The molecule has 0 spiro atoms. The molecule has 3 rings (SSSR count). The van der Waals surface area contributed by atoms with Crippen LogP contribution in [0.1, 0.15) is 16.7 Å². The summed E-state index contributed by atoms with van der Waals surface area (Å²) in [6.45, 7) is 4.35. The van der Waals surface area contributed by atoms with Gasteiger partial charge in [-0.15, -0.1) is 5.10 Å². The van der Waals surface area contributed by atoms with E-state index in [1.165, 1.54) is 28.9 Å². The van der Waals surface area contributed by atoms with Crippen LogP contribution in [0.3, 0.4) is 0 Å². The molecular formula is C17H15FN2O2. The highest BCUT2D eigenvalue weighted by Crippen LogP contribution is 2.16. The first-order chi connectivity index (χ1) is 10.5. The summed E-state index contributed by atoms with van der Waals surface area (Å²) in [4.78, 5) is 11.9. The number of hydrogen-bond donors (Lipinski definition) is 0. The molecule has 0 saturated carbocycles. The van der Waals surface area contributed by atoms with Crippen LogP contribution >= 0.6 is 0 Å². The number of halogens is 1. The first-order valence-corrected chi connectivity index (χ1v) is 6.92. The van der Waals surface area contributed by atoms with Gasteiger partial charge in [0.1, 0.15) is 5.82 Å². The maximum atomic E-state index is 12.9. The monoisotopic (exact) mass is 298 g/mol. The van der Waals surface area contributed by atoms with Gasteiger partial charge in [0.2, 0.25) is 5.89 Å². The Hall–Kier alpha value is -2.69. The van der Waals surface area contributed by atoms with Gasteiger partial charge >= 0.3 is 5.76 Å². The van der Waals surface area contributed by atoms with Crippen molar-refractivity contribution in [2.45, 2.75) is 20.4 Å². The van der Waals surface area contributed by atoms with Crippen LogP contribution in [0.15, 0.2) is 51.7 Å². The molecule has 5 heteroatoms. The van der Waals surface area contributed by atoms with Crippen LogP contribution in [0.2, 0.25) is 0 Å². The minimum absolute atomic E-state index is 0.189. The van der Waals surface area contributed by atoms with Gasteiger partial charge in [0, 0.05) is 5.56 Å². The average molecular weight is 298 g/mol. The summed E-state index contributed by atoms with van der Waals surface area (Å²) in [5, 5.41) is 4.18. The fourth-order valence-corrected chi connectivity index (χ4v) is 2.45. The van der Waals surface area contributed by atoms with Crippen molar-refractivity contribution in [3.8, 4) is 11.5 Å². The van der Waals surface area contributed by atoms with Crippen molar-refractivity contribution < 1.29 is 8.81 Å². The molecule has 4 nitrogen and oxygen atoms in total. The summed E-state index contributed by atoms with van der Waals surface area (Å²) in [5.74, 6) is -0.686. The first kappa shape index (κ1) is 14.3. The largest absolute Gasteiger partial charge is 0.437 e. The van der Waals surface area contributed by atoms with E-state index in [0.29, 0.717) is 12.1 Å². The third kappa shape index (κ3) is 2.98. The minimum atomic E-state index is -0.529. The molecule has 1 heterocycles. The van der Waals surface area contributed by atoms with E-state index in [9.17, 15) is 9.18 Å².